The number of carbonyl (C=O) groups is 1. The zero-order chi connectivity index (χ0) is 20.0. The van der Waals surface area contributed by atoms with Crippen LogP contribution < -0.4 is 0 Å². The molecule has 5 rings (SSSR count). The highest BCUT2D eigenvalue weighted by atomic mass is 19.1. The van der Waals surface area contributed by atoms with Crippen molar-refractivity contribution in [2.24, 2.45) is 0 Å². The maximum atomic E-state index is 14.2. The number of halogens is 1. The van der Waals surface area contributed by atoms with Crippen LogP contribution in [0, 0.1) is 12.7 Å². The number of hydrogen-bond donors (Lipinski definition) is 1. The highest BCUT2D eigenvalue weighted by Gasteiger charge is 2.39. The van der Waals surface area contributed by atoms with Crippen LogP contribution in [0.4, 0.5) is 4.39 Å². The number of carbonyl (C=O) groups excluding carboxylic acids is 1. The lowest BCUT2D eigenvalue weighted by molar-refractivity contribution is 0.0643. The fourth-order valence-corrected chi connectivity index (χ4v) is 4.28. The molecule has 1 saturated carbocycles. The van der Waals surface area contributed by atoms with Crippen LogP contribution in [0.15, 0.2) is 42.7 Å². The van der Waals surface area contributed by atoms with E-state index in [0.717, 1.165) is 37.7 Å². The molecule has 2 aromatic heterocycles. The second kappa shape index (κ2) is 7.10. The van der Waals surface area contributed by atoms with Gasteiger partial charge in [0, 0.05) is 35.1 Å². The van der Waals surface area contributed by atoms with E-state index in [0.29, 0.717) is 22.9 Å². The van der Waals surface area contributed by atoms with E-state index in [4.69, 9.17) is 0 Å². The van der Waals surface area contributed by atoms with Crippen molar-refractivity contribution in [3.63, 3.8) is 0 Å². The predicted octanol–water partition coefficient (Wildman–Crippen LogP) is 4.08. The van der Waals surface area contributed by atoms with Crippen LogP contribution in [-0.2, 0) is 12.8 Å². The fourth-order valence-electron chi connectivity index (χ4n) is 4.28. The normalized spacial score (nSPS) is 18.3. The van der Waals surface area contributed by atoms with Gasteiger partial charge in [-0.15, -0.1) is 0 Å². The molecule has 1 unspecified atom stereocenters. The number of amides is 1. The van der Waals surface area contributed by atoms with Crippen LogP contribution in [0.25, 0.3) is 11.3 Å². The first-order valence-corrected chi connectivity index (χ1v) is 10.2. The first-order valence-electron chi connectivity index (χ1n) is 10.2. The van der Waals surface area contributed by atoms with Gasteiger partial charge in [-0.1, -0.05) is 12.1 Å². The van der Waals surface area contributed by atoms with Crippen molar-refractivity contribution >= 4 is 5.91 Å². The molecule has 0 radical (unpaired) electrons. The molecule has 3 aromatic rings. The van der Waals surface area contributed by atoms with Crippen LogP contribution in [0.2, 0.25) is 0 Å². The Labute approximate surface area is 169 Å². The van der Waals surface area contributed by atoms with Crippen LogP contribution in [0.5, 0.6) is 0 Å². The molecule has 5 nitrogen and oxygen atoms in total. The summed E-state index contributed by atoms with van der Waals surface area (Å²) in [5, 5.41) is 7.21. The summed E-state index contributed by atoms with van der Waals surface area (Å²) in [6, 6.07) is 9.17. The van der Waals surface area contributed by atoms with Gasteiger partial charge < -0.3 is 4.90 Å². The summed E-state index contributed by atoms with van der Waals surface area (Å²) in [4.78, 5) is 19.6. The molecule has 2 aliphatic carbocycles. The van der Waals surface area contributed by atoms with Crippen molar-refractivity contribution in [1.82, 2.24) is 20.1 Å². The molecule has 148 valence electrons. The number of nitrogens with zero attached hydrogens (tertiary/aromatic N) is 3. The minimum atomic E-state index is -0.346. The molecule has 6 heteroatoms. The molecular formula is C23H23FN4O. The second-order valence-corrected chi connectivity index (χ2v) is 8.13. The third-order valence-electron chi connectivity index (χ3n) is 5.94. The molecule has 2 aliphatic rings. The Balaban J connectivity index is 1.39. The number of aromatic amines is 1. The lowest BCUT2D eigenvalue weighted by Gasteiger charge is -2.34. The Morgan fingerprint density at radius 1 is 1.14 bits per heavy atom. The van der Waals surface area contributed by atoms with Crippen molar-refractivity contribution in [3.8, 4) is 11.3 Å². The standard InChI is InChI=1S/C23H23FN4O/c1-14-10-20(24)22(25-12-14)15-2-4-16(5-3-15)23(29)28(18-6-7-18)19-8-9-21-17(11-19)13-26-27-21/h2-5,10,12-13,18-19H,6-9,11H2,1H3,(H,26,27). The third-order valence-corrected chi connectivity index (χ3v) is 5.94. The minimum absolute atomic E-state index is 0.0633. The van der Waals surface area contributed by atoms with E-state index in [-0.39, 0.29) is 17.8 Å². The number of pyridine rings is 1. The zero-order valence-corrected chi connectivity index (χ0v) is 16.4. The number of aromatic nitrogens is 3. The van der Waals surface area contributed by atoms with Crippen LogP contribution >= 0.6 is 0 Å². The van der Waals surface area contributed by atoms with Gasteiger partial charge in [0.15, 0.2) is 0 Å². The van der Waals surface area contributed by atoms with E-state index >= 15 is 0 Å². The zero-order valence-electron chi connectivity index (χ0n) is 16.4. The van der Waals surface area contributed by atoms with Gasteiger partial charge in [0.1, 0.15) is 11.5 Å². The third kappa shape index (κ3) is 3.43. The summed E-state index contributed by atoms with van der Waals surface area (Å²) in [7, 11) is 0. The molecule has 1 atom stereocenters. The number of nitrogens with one attached hydrogen (secondary N) is 1. The summed E-state index contributed by atoms with van der Waals surface area (Å²) in [6.45, 7) is 1.81. The lowest BCUT2D eigenvalue weighted by Crippen LogP contribution is -2.44. The molecule has 0 bridgehead atoms. The number of fused-ring (bicyclic) bond motifs is 1. The number of aryl methyl sites for hydroxylation is 2. The fraction of sp³-hybridized carbons (Fsp3) is 0.348. The van der Waals surface area contributed by atoms with Crippen molar-refractivity contribution < 1.29 is 9.18 Å². The van der Waals surface area contributed by atoms with E-state index in [1.54, 1.807) is 30.5 Å². The second-order valence-electron chi connectivity index (χ2n) is 8.13. The average Bonchev–Trinajstić information content (AvgIpc) is 3.44. The van der Waals surface area contributed by atoms with E-state index < -0.39 is 0 Å². The van der Waals surface area contributed by atoms with Crippen molar-refractivity contribution in [3.05, 3.63) is 70.9 Å². The van der Waals surface area contributed by atoms with Gasteiger partial charge in [0.2, 0.25) is 0 Å². The van der Waals surface area contributed by atoms with Crippen LogP contribution in [0.1, 0.15) is 46.4 Å². The van der Waals surface area contributed by atoms with Gasteiger partial charge in [-0.25, -0.2) is 4.39 Å². The predicted molar refractivity (Wildman–Crippen MR) is 108 cm³/mol. The van der Waals surface area contributed by atoms with Gasteiger partial charge in [0.05, 0.1) is 6.20 Å². The molecule has 2 heterocycles. The highest BCUT2D eigenvalue weighted by molar-refractivity contribution is 5.95. The molecule has 0 saturated heterocycles. The van der Waals surface area contributed by atoms with Gasteiger partial charge in [-0.05, 0) is 68.4 Å². The summed E-state index contributed by atoms with van der Waals surface area (Å²) in [5.41, 5.74) is 4.83. The van der Waals surface area contributed by atoms with E-state index in [1.807, 2.05) is 13.1 Å². The van der Waals surface area contributed by atoms with Crippen LogP contribution in [0.3, 0.4) is 0 Å². The molecule has 1 fully saturated rings. The lowest BCUT2D eigenvalue weighted by atomic mass is 9.91. The highest BCUT2D eigenvalue weighted by Crippen LogP contribution is 2.34. The quantitative estimate of drug-likeness (QED) is 0.730. The van der Waals surface area contributed by atoms with E-state index in [9.17, 15) is 9.18 Å². The average molecular weight is 390 g/mol. The van der Waals surface area contributed by atoms with Crippen molar-refractivity contribution in [2.75, 3.05) is 0 Å². The monoisotopic (exact) mass is 390 g/mol. The number of benzene rings is 1. The molecular weight excluding hydrogens is 367 g/mol. The first kappa shape index (κ1) is 18.0. The first-order chi connectivity index (χ1) is 14.1. The van der Waals surface area contributed by atoms with Gasteiger partial charge >= 0.3 is 0 Å². The molecule has 1 N–H and O–H groups in total. The topological polar surface area (TPSA) is 61.9 Å². The maximum absolute atomic E-state index is 14.2. The number of H-pyrrole nitrogens is 1. The van der Waals surface area contributed by atoms with Gasteiger partial charge in [0.25, 0.3) is 5.91 Å². The molecule has 29 heavy (non-hydrogen) atoms. The largest absolute Gasteiger partial charge is 0.332 e. The minimum Gasteiger partial charge on any atom is -0.332 e. The number of rotatable bonds is 4. The van der Waals surface area contributed by atoms with Crippen LogP contribution in [-0.4, -0.2) is 38.1 Å². The Hall–Kier alpha value is -3.02. The Bertz CT molecular complexity index is 1050. The smallest absolute Gasteiger partial charge is 0.254 e. The van der Waals surface area contributed by atoms with E-state index in [2.05, 4.69) is 20.1 Å². The Kier molecular flexibility index (Phi) is 4.42. The van der Waals surface area contributed by atoms with Crippen molar-refractivity contribution in [2.45, 2.75) is 51.1 Å². The SMILES string of the molecule is Cc1cnc(-c2ccc(C(=O)N(C3CC3)C3CCc4[nH]ncc4C3)cc2)c(F)c1. The van der Waals surface area contributed by atoms with Crippen molar-refractivity contribution in [1.29, 1.82) is 0 Å². The number of hydrogen-bond acceptors (Lipinski definition) is 3. The molecule has 0 spiro atoms. The van der Waals surface area contributed by atoms with E-state index in [1.165, 1.54) is 17.3 Å². The summed E-state index contributed by atoms with van der Waals surface area (Å²) in [6.07, 6.45) is 8.40. The Morgan fingerprint density at radius 2 is 1.93 bits per heavy atom. The summed E-state index contributed by atoms with van der Waals surface area (Å²) < 4.78 is 14.2. The molecule has 1 aromatic carbocycles. The van der Waals surface area contributed by atoms with Gasteiger partial charge in [-0.3, -0.25) is 14.9 Å². The maximum Gasteiger partial charge on any atom is 0.254 e. The molecule has 1 amide bonds. The Morgan fingerprint density at radius 3 is 2.66 bits per heavy atom. The van der Waals surface area contributed by atoms with Gasteiger partial charge in [-0.2, -0.15) is 5.10 Å². The summed E-state index contributed by atoms with van der Waals surface area (Å²) in [5.74, 6) is -0.282. The summed E-state index contributed by atoms with van der Waals surface area (Å²) >= 11 is 0. The molecule has 0 aliphatic heterocycles.